The van der Waals surface area contributed by atoms with Crippen molar-refractivity contribution in [2.75, 3.05) is 7.11 Å². The number of carbonyl (C=O) groups excluding carboxylic acids is 1. The lowest BCUT2D eigenvalue weighted by atomic mass is 9.85. The fourth-order valence-electron chi connectivity index (χ4n) is 2.76. The summed E-state index contributed by atoms with van der Waals surface area (Å²) >= 11 is 0. The molecule has 1 aromatic carbocycles. The van der Waals surface area contributed by atoms with Gasteiger partial charge in [0.15, 0.2) is 5.78 Å². The van der Waals surface area contributed by atoms with Gasteiger partial charge >= 0.3 is 0 Å². The number of benzene rings is 1. The number of hydrogen-bond acceptors (Lipinski definition) is 2. The second kappa shape index (κ2) is 6.69. The minimum atomic E-state index is -0.466. The lowest BCUT2D eigenvalue weighted by Gasteiger charge is -2.18. The van der Waals surface area contributed by atoms with Gasteiger partial charge in [0.25, 0.3) is 0 Å². The SMILES string of the molecule is COc1ccc(C(=O)C2CCCCCCC2)c(F)c1. The standard InChI is InChI=1S/C16H21FO2/c1-19-13-9-10-14(15(17)11-13)16(18)12-7-5-3-2-4-6-8-12/h9-12H,2-8H2,1H3. The summed E-state index contributed by atoms with van der Waals surface area (Å²) in [7, 11) is 1.49. The largest absolute Gasteiger partial charge is 0.497 e. The van der Waals surface area contributed by atoms with Crippen LogP contribution in [0.3, 0.4) is 0 Å². The Balaban J connectivity index is 2.13. The van der Waals surface area contributed by atoms with Crippen LogP contribution < -0.4 is 4.74 Å². The first-order valence-electron chi connectivity index (χ1n) is 7.10. The molecule has 1 aromatic rings. The van der Waals surface area contributed by atoms with Gasteiger partial charge in [0.1, 0.15) is 11.6 Å². The molecule has 0 spiro atoms. The van der Waals surface area contributed by atoms with E-state index in [1.807, 2.05) is 0 Å². The molecule has 0 aromatic heterocycles. The van der Waals surface area contributed by atoms with E-state index in [0.29, 0.717) is 5.75 Å². The molecule has 0 bridgehead atoms. The summed E-state index contributed by atoms with van der Waals surface area (Å²) < 4.78 is 18.9. The summed E-state index contributed by atoms with van der Waals surface area (Å²) in [6, 6.07) is 4.49. The maximum Gasteiger partial charge on any atom is 0.168 e. The van der Waals surface area contributed by atoms with Gasteiger partial charge < -0.3 is 4.74 Å². The van der Waals surface area contributed by atoms with Gasteiger partial charge in [0, 0.05) is 12.0 Å². The molecule has 0 radical (unpaired) electrons. The molecule has 1 fully saturated rings. The molecule has 3 heteroatoms. The second-order valence-electron chi connectivity index (χ2n) is 5.25. The summed E-state index contributed by atoms with van der Waals surface area (Å²) in [4.78, 5) is 12.4. The summed E-state index contributed by atoms with van der Waals surface area (Å²) in [6.45, 7) is 0. The Labute approximate surface area is 114 Å². The molecule has 0 unspecified atom stereocenters. The molecule has 1 saturated carbocycles. The van der Waals surface area contributed by atoms with E-state index in [-0.39, 0.29) is 17.3 Å². The average Bonchev–Trinajstić information content (AvgIpc) is 2.37. The van der Waals surface area contributed by atoms with Gasteiger partial charge in [-0.2, -0.15) is 0 Å². The average molecular weight is 264 g/mol. The van der Waals surface area contributed by atoms with Gasteiger partial charge in [0.2, 0.25) is 0 Å². The van der Waals surface area contributed by atoms with Crippen LogP contribution in [0.2, 0.25) is 0 Å². The molecule has 0 heterocycles. The Kier molecular flexibility index (Phi) is 4.94. The summed E-state index contributed by atoms with van der Waals surface area (Å²) in [5.41, 5.74) is 0.214. The van der Waals surface area contributed by atoms with Crippen LogP contribution in [0.5, 0.6) is 5.75 Å². The third-order valence-corrected chi connectivity index (χ3v) is 3.92. The van der Waals surface area contributed by atoms with Crippen molar-refractivity contribution in [2.24, 2.45) is 5.92 Å². The predicted octanol–water partition coefficient (Wildman–Crippen LogP) is 4.38. The van der Waals surface area contributed by atoms with E-state index in [1.165, 1.54) is 32.4 Å². The minimum absolute atomic E-state index is 0.0109. The summed E-state index contributed by atoms with van der Waals surface area (Å²) in [5, 5.41) is 0. The molecule has 2 rings (SSSR count). The van der Waals surface area contributed by atoms with Gasteiger partial charge in [-0.25, -0.2) is 4.39 Å². The van der Waals surface area contributed by atoms with E-state index in [9.17, 15) is 9.18 Å². The van der Waals surface area contributed by atoms with Crippen LogP contribution in [0.1, 0.15) is 55.3 Å². The highest BCUT2D eigenvalue weighted by Crippen LogP contribution is 2.27. The highest BCUT2D eigenvalue weighted by Gasteiger charge is 2.23. The zero-order chi connectivity index (χ0) is 13.7. The number of methoxy groups -OCH3 is 1. The van der Waals surface area contributed by atoms with E-state index < -0.39 is 5.82 Å². The second-order valence-corrected chi connectivity index (χ2v) is 5.25. The van der Waals surface area contributed by atoms with E-state index in [2.05, 4.69) is 0 Å². The first kappa shape index (κ1) is 14.0. The first-order chi connectivity index (χ1) is 9.22. The molecular weight excluding hydrogens is 243 g/mol. The van der Waals surface area contributed by atoms with Crippen molar-refractivity contribution in [2.45, 2.75) is 44.9 Å². The van der Waals surface area contributed by atoms with Gasteiger partial charge in [-0.3, -0.25) is 4.79 Å². The van der Waals surface area contributed by atoms with Gasteiger partial charge in [-0.15, -0.1) is 0 Å². The van der Waals surface area contributed by atoms with E-state index >= 15 is 0 Å². The van der Waals surface area contributed by atoms with Gasteiger partial charge in [-0.1, -0.05) is 32.1 Å². The molecule has 19 heavy (non-hydrogen) atoms. The van der Waals surface area contributed by atoms with Crippen molar-refractivity contribution in [1.29, 1.82) is 0 Å². The van der Waals surface area contributed by atoms with Crippen LogP contribution in [0.4, 0.5) is 4.39 Å². The summed E-state index contributed by atoms with van der Waals surface area (Å²) in [6.07, 6.45) is 7.58. The molecule has 0 N–H and O–H groups in total. The lowest BCUT2D eigenvalue weighted by molar-refractivity contribution is 0.0894. The number of carbonyl (C=O) groups is 1. The normalized spacial score (nSPS) is 17.6. The van der Waals surface area contributed by atoms with Crippen LogP contribution >= 0.6 is 0 Å². The third-order valence-electron chi connectivity index (χ3n) is 3.92. The van der Waals surface area contributed by atoms with Crippen LogP contribution in [0.25, 0.3) is 0 Å². The molecule has 104 valence electrons. The number of ketones is 1. The fraction of sp³-hybridized carbons (Fsp3) is 0.562. The van der Waals surface area contributed by atoms with Gasteiger partial charge in [-0.05, 0) is 25.0 Å². The fourth-order valence-corrected chi connectivity index (χ4v) is 2.76. The Hall–Kier alpha value is -1.38. The number of halogens is 1. The lowest BCUT2D eigenvalue weighted by Crippen LogP contribution is -2.17. The van der Waals surface area contributed by atoms with Crippen LogP contribution in [-0.4, -0.2) is 12.9 Å². The molecule has 0 amide bonds. The highest BCUT2D eigenvalue weighted by atomic mass is 19.1. The summed E-state index contributed by atoms with van der Waals surface area (Å²) in [5.74, 6) is -0.0663. The quantitative estimate of drug-likeness (QED) is 0.757. The first-order valence-corrected chi connectivity index (χ1v) is 7.10. The molecule has 1 aliphatic rings. The van der Waals surface area contributed by atoms with E-state index in [0.717, 1.165) is 25.7 Å². The molecule has 0 atom stereocenters. The van der Waals surface area contributed by atoms with Crippen molar-refractivity contribution >= 4 is 5.78 Å². The van der Waals surface area contributed by atoms with Crippen LogP contribution in [0.15, 0.2) is 18.2 Å². The number of rotatable bonds is 3. The maximum atomic E-state index is 13.9. The smallest absolute Gasteiger partial charge is 0.168 e. The van der Waals surface area contributed by atoms with Crippen molar-refractivity contribution in [3.63, 3.8) is 0 Å². The van der Waals surface area contributed by atoms with Crippen molar-refractivity contribution in [3.8, 4) is 5.75 Å². The molecular formula is C16H21FO2. The Morgan fingerprint density at radius 1 is 1.16 bits per heavy atom. The zero-order valence-electron chi connectivity index (χ0n) is 11.5. The van der Waals surface area contributed by atoms with Crippen molar-refractivity contribution in [1.82, 2.24) is 0 Å². The predicted molar refractivity (Wildman–Crippen MR) is 73.1 cm³/mol. The maximum absolute atomic E-state index is 13.9. The number of hydrogen-bond donors (Lipinski definition) is 0. The number of ether oxygens (including phenoxy) is 1. The molecule has 0 aliphatic heterocycles. The highest BCUT2D eigenvalue weighted by molar-refractivity contribution is 5.98. The van der Waals surface area contributed by atoms with Crippen LogP contribution in [-0.2, 0) is 0 Å². The Morgan fingerprint density at radius 3 is 2.37 bits per heavy atom. The van der Waals surface area contributed by atoms with Crippen LogP contribution in [0, 0.1) is 11.7 Å². The van der Waals surface area contributed by atoms with Crippen molar-refractivity contribution in [3.05, 3.63) is 29.6 Å². The molecule has 2 nitrogen and oxygen atoms in total. The zero-order valence-corrected chi connectivity index (χ0v) is 11.5. The topological polar surface area (TPSA) is 26.3 Å². The van der Waals surface area contributed by atoms with Crippen molar-refractivity contribution < 1.29 is 13.9 Å². The Morgan fingerprint density at radius 2 is 1.79 bits per heavy atom. The third kappa shape index (κ3) is 3.55. The molecule has 0 saturated heterocycles. The minimum Gasteiger partial charge on any atom is -0.497 e. The Bertz CT molecular complexity index is 434. The van der Waals surface area contributed by atoms with Gasteiger partial charge in [0.05, 0.1) is 12.7 Å². The monoisotopic (exact) mass is 264 g/mol. The number of Topliss-reactive ketones (excluding diaryl/α,β-unsaturated/α-hetero) is 1. The van der Waals surface area contributed by atoms with E-state index in [4.69, 9.17) is 4.74 Å². The molecule has 1 aliphatic carbocycles. The van der Waals surface area contributed by atoms with E-state index in [1.54, 1.807) is 12.1 Å².